The van der Waals surface area contributed by atoms with E-state index in [0.29, 0.717) is 10.7 Å². The predicted molar refractivity (Wildman–Crippen MR) is 87.3 cm³/mol. The van der Waals surface area contributed by atoms with Crippen molar-refractivity contribution in [1.82, 2.24) is 9.97 Å². The van der Waals surface area contributed by atoms with Crippen LogP contribution in [0.25, 0.3) is 0 Å². The van der Waals surface area contributed by atoms with Crippen LogP contribution in [0.2, 0.25) is 0 Å². The van der Waals surface area contributed by atoms with Crippen molar-refractivity contribution in [2.24, 2.45) is 0 Å². The van der Waals surface area contributed by atoms with E-state index in [1.807, 2.05) is 13.8 Å². The topological polar surface area (TPSA) is 63.1 Å². The lowest BCUT2D eigenvalue weighted by Gasteiger charge is -2.11. The first kappa shape index (κ1) is 18.0. The fourth-order valence-corrected chi connectivity index (χ4v) is 3.13. The number of thioether (sulfide) groups is 1. The van der Waals surface area contributed by atoms with Gasteiger partial charge in [0.1, 0.15) is 16.4 Å². The quantitative estimate of drug-likeness (QED) is 0.408. The maximum Gasteiger partial charge on any atom is 0.340 e. The molecule has 1 heterocycles. The average molecular weight is 310 g/mol. The molecule has 0 aromatic carbocycles. The summed E-state index contributed by atoms with van der Waals surface area (Å²) in [6.07, 6.45) is 6.06. The van der Waals surface area contributed by atoms with Gasteiger partial charge >= 0.3 is 5.97 Å². The van der Waals surface area contributed by atoms with Gasteiger partial charge in [-0.15, -0.1) is 11.8 Å². The smallest absolute Gasteiger partial charge is 0.340 e. The molecule has 0 saturated heterocycles. The summed E-state index contributed by atoms with van der Waals surface area (Å²) in [7, 11) is 0. The van der Waals surface area contributed by atoms with Crippen LogP contribution in [0.5, 0.6) is 0 Å². The van der Waals surface area contributed by atoms with Crippen LogP contribution in [-0.4, -0.2) is 26.8 Å². The van der Waals surface area contributed by atoms with Crippen molar-refractivity contribution in [3.8, 4) is 0 Å². The highest BCUT2D eigenvalue weighted by atomic mass is 32.2. The molecule has 0 radical (unpaired) electrons. The van der Waals surface area contributed by atoms with E-state index in [4.69, 9.17) is 0 Å². The maximum atomic E-state index is 11.4. The van der Waals surface area contributed by atoms with Gasteiger partial charge in [-0.2, -0.15) is 0 Å². The van der Waals surface area contributed by atoms with Gasteiger partial charge in [-0.3, -0.25) is 0 Å². The number of aromatic carboxylic acids is 1. The van der Waals surface area contributed by atoms with Crippen molar-refractivity contribution in [2.45, 2.75) is 70.7 Å². The Balaban J connectivity index is 2.76. The van der Waals surface area contributed by atoms with Gasteiger partial charge in [0.25, 0.3) is 0 Å². The molecule has 0 aliphatic carbocycles. The van der Waals surface area contributed by atoms with Crippen LogP contribution in [0, 0.1) is 6.92 Å². The van der Waals surface area contributed by atoms with Gasteiger partial charge in [-0.25, -0.2) is 14.8 Å². The van der Waals surface area contributed by atoms with Gasteiger partial charge < -0.3 is 5.11 Å². The van der Waals surface area contributed by atoms with Crippen molar-refractivity contribution < 1.29 is 9.90 Å². The number of unbranched alkanes of at least 4 members (excludes halogenated alkanes) is 4. The van der Waals surface area contributed by atoms with E-state index in [1.165, 1.54) is 25.7 Å². The van der Waals surface area contributed by atoms with Crippen LogP contribution in [-0.2, 0) is 0 Å². The molecule has 1 aromatic rings. The Morgan fingerprint density at radius 3 is 2.43 bits per heavy atom. The van der Waals surface area contributed by atoms with E-state index in [9.17, 15) is 9.90 Å². The van der Waals surface area contributed by atoms with Crippen molar-refractivity contribution in [3.63, 3.8) is 0 Å². The number of rotatable bonds is 9. The van der Waals surface area contributed by atoms with E-state index in [2.05, 4.69) is 16.9 Å². The molecule has 0 bridgehead atoms. The molecule has 5 heteroatoms. The van der Waals surface area contributed by atoms with Gasteiger partial charge in [0, 0.05) is 5.92 Å². The zero-order valence-corrected chi connectivity index (χ0v) is 14.3. The third-order valence-electron chi connectivity index (χ3n) is 3.29. The second-order valence-corrected chi connectivity index (χ2v) is 6.65. The normalized spacial score (nSPS) is 11.1. The average Bonchev–Trinajstić information content (AvgIpc) is 2.41. The van der Waals surface area contributed by atoms with Crippen LogP contribution in [0.4, 0.5) is 0 Å². The number of hydrogen-bond donors (Lipinski definition) is 1. The summed E-state index contributed by atoms with van der Waals surface area (Å²) in [6.45, 7) is 8.00. The first-order chi connectivity index (χ1) is 9.97. The zero-order chi connectivity index (χ0) is 15.8. The molecule has 21 heavy (non-hydrogen) atoms. The maximum absolute atomic E-state index is 11.4. The molecule has 0 aliphatic rings. The highest BCUT2D eigenvalue weighted by molar-refractivity contribution is 7.99. The number of carboxylic acids is 1. The standard InChI is InChI=1S/C16H26N2O2S/c1-5-6-7-8-9-10-21-15-13(16(19)20)12(4)17-14(18-15)11(2)3/h11H,5-10H2,1-4H3,(H,19,20). The van der Waals surface area contributed by atoms with Crippen molar-refractivity contribution in [2.75, 3.05) is 5.75 Å². The van der Waals surface area contributed by atoms with Gasteiger partial charge in [0.05, 0.1) is 5.69 Å². The summed E-state index contributed by atoms with van der Waals surface area (Å²) in [6, 6.07) is 0. The monoisotopic (exact) mass is 310 g/mol. The molecule has 0 atom stereocenters. The molecule has 0 saturated carbocycles. The Hall–Kier alpha value is -1.10. The fourth-order valence-electron chi connectivity index (χ4n) is 2.05. The predicted octanol–water partition coefficient (Wildman–Crippen LogP) is 4.67. The Bertz CT molecular complexity index is 476. The summed E-state index contributed by atoms with van der Waals surface area (Å²) < 4.78 is 0. The molecule has 1 aromatic heterocycles. The summed E-state index contributed by atoms with van der Waals surface area (Å²) in [4.78, 5) is 20.2. The van der Waals surface area contributed by atoms with Crippen LogP contribution < -0.4 is 0 Å². The molecule has 0 spiro atoms. The van der Waals surface area contributed by atoms with E-state index >= 15 is 0 Å². The molecule has 1 rings (SSSR count). The third-order valence-corrected chi connectivity index (χ3v) is 4.35. The minimum Gasteiger partial charge on any atom is -0.478 e. The van der Waals surface area contributed by atoms with E-state index < -0.39 is 5.97 Å². The molecule has 0 fully saturated rings. The number of carbonyl (C=O) groups is 1. The number of hydrogen-bond acceptors (Lipinski definition) is 4. The van der Waals surface area contributed by atoms with Gasteiger partial charge in [-0.1, -0.05) is 46.5 Å². The summed E-state index contributed by atoms with van der Waals surface area (Å²) in [5.41, 5.74) is 0.827. The van der Waals surface area contributed by atoms with Gasteiger partial charge in [0.15, 0.2) is 0 Å². The third kappa shape index (κ3) is 5.65. The highest BCUT2D eigenvalue weighted by Crippen LogP contribution is 2.26. The van der Waals surface area contributed by atoms with E-state index in [1.54, 1.807) is 18.7 Å². The van der Waals surface area contributed by atoms with E-state index in [0.717, 1.165) is 18.0 Å². The van der Waals surface area contributed by atoms with Crippen LogP contribution in [0.15, 0.2) is 5.03 Å². The van der Waals surface area contributed by atoms with Crippen LogP contribution in [0.1, 0.15) is 80.7 Å². The van der Waals surface area contributed by atoms with Gasteiger partial charge in [0.2, 0.25) is 0 Å². The zero-order valence-electron chi connectivity index (χ0n) is 13.5. The summed E-state index contributed by atoms with van der Waals surface area (Å²) >= 11 is 1.55. The Morgan fingerprint density at radius 1 is 1.19 bits per heavy atom. The lowest BCUT2D eigenvalue weighted by molar-refractivity contribution is 0.0690. The first-order valence-electron chi connectivity index (χ1n) is 7.72. The Labute approximate surface area is 131 Å². The van der Waals surface area contributed by atoms with Crippen molar-refractivity contribution in [1.29, 1.82) is 0 Å². The molecule has 0 aliphatic heterocycles. The minimum absolute atomic E-state index is 0.204. The molecule has 1 N–H and O–H groups in total. The number of carboxylic acid groups (broad SMARTS) is 1. The van der Waals surface area contributed by atoms with Gasteiger partial charge in [-0.05, 0) is 19.1 Å². The molecule has 4 nitrogen and oxygen atoms in total. The lowest BCUT2D eigenvalue weighted by Crippen LogP contribution is -2.10. The van der Waals surface area contributed by atoms with E-state index in [-0.39, 0.29) is 11.5 Å². The summed E-state index contributed by atoms with van der Waals surface area (Å²) in [5.74, 6) is 0.913. The minimum atomic E-state index is -0.934. The van der Waals surface area contributed by atoms with Crippen molar-refractivity contribution in [3.05, 3.63) is 17.1 Å². The number of nitrogens with zero attached hydrogens (tertiary/aromatic N) is 2. The molecule has 118 valence electrons. The SMILES string of the molecule is CCCCCCCSc1nc(C(C)C)nc(C)c1C(=O)O. The fraction of sp³-hybridized carbons (Fsp3) is 0.688. The summed E-state index contributed by atoms with van der Waals surface area (Å²) in [5, 5.41) is 9.97. The highest BCUT2D eigenvalue weighted by Gasteiger charge is 2.19. The number of aromatic nitrogens is 2. The largest absolute Gasteiger partial charge is 0.478 e. The van der Waals surface area contributed by atoms with Crippen LogP contribution >= 0.6 is 11.8 Å². The second-order valence-electron chi connectivity index (χ2n) is 5.57. The first-order valence-corrected chi connectivity index (χ1v) is 8.70. The van der Waals surface area contributed by atoms with Crippen LogP contribution in [0.3, 0.4) is 0 Å². The second kappa shape index (κ2) is 9.03. The van der Waals surface area contributed by atoms with Crippen molar-refractivity contribution >= 4 is 17.7 Å². The molecular formula is C16H26N2O2S. The molecule has 0 unspecified atom stereocenters. The molecule has 0 amide bonds. The number of aryl methyl sites for hydroxylation is 1. The Morgan fingerprint density at radius 2 is 1.86 bits per heavy atom. The lowest BCUT2D eigenvalue weighted by atomic mass is 10.2. The molecular weight excluding hydrogens is 284 g/mol. The Kier molecular flexibility index (Phi) is 7.72.